The Bertz CT molecular complexity index is 1250. The summed E-state index contributed by atoms with van der Waals surface area (Å²) in [6.07, 6.45) is 0. The zero-order valence-corrected chi connectivity index (χ0v) is 19.8. The van der Waals surface area contributed by atoms with Crippen molar-refractivity contribution in [2.24, 2.45) is 5.92 Å². The minimum Gasteiger partial charge on any atom is -0.352 e. The predicted molar refractivity (Wildman–Crippen MR) is 130 cm³/mol. The molecule has 6 nitrogen and oxygen atoms in total. The van der Waals surface area contributed by atoms with Crippen LogP contribution < -0.4 is 10.6 Å². The quantitative estimate of drug-likeness (QED) is 0.509. The molecule has 0 aliphatic heterocycles. The molecule has 0 saturated heterocycles. The zero-order valence-electron chi connectivity index (χ0n) is 19.0. The summed E-state index contributed by atoms with van der Waals surface area (Å²) in [6, 6.07) is 19.9. The summed E-state index contributed by atoms with van der Waals surface area (Å²) in [6.45, 7) is 6.46. The van der Waals surface area contributed by atoms with E-state index in [9.17, 15) is 18.0 Å². The van der Waals surface area contributed by atoms with Crippen LogP contribution in [0.25, 0.3) is 0 Å². The maximum Gasteiger partial charge on any atom is 0.255 e. The van der Waals surface area contributed by atoms with E-state index in [-0.39, 0.29) is 22.5 Å². The normalized spacial score (nSPS) is 11.3. The predicted octanol–water partition coefficient (Wildman–Crippen LogP) is 4.61. The molecule has 0 aromatic heterocycles. The van der Waals surface area contributed by atoms with Crippen molar-refractivity contribution >= 4 is 27.3 Å². The van der Waals surface area contributed by atoms with Gasteiger partial charge in [-0.15, -0.1) is 0 Å². The van der Waals surface area contributed by atoms with Crippen molar-refractivity contribution in [1.29, 1.82) is 0 Å². The van der Waals surface area contributed by atoms with Crippen molar-refractivity contribution in [3.63, 3.8) is 0 Å². The molecule has 0 atom stereocenters. The van der Waals surface area contributed by atoms with E-state index in [0.717, 1.165) is 5.56 Å². The maximum absolute atomic E-state index is 12.8. The Morgan fingerprint density at radius 3 is 2.21 bits per heavy atom. The molecule has 2 amide bonds. The monoisotopic (exact) mass is 464 g/mol. The molecule has 0 spiro atoms. The van der Waals surface area contributed by atoms with Crippen LogP contribution in [-0.2, 0) is 15.6 Å². The molecule has 3 aromatic rings. The molecule has 3 aromatic carbocycles. The SMILES string of the molecule is Cc1cc(C(=O)NCC(C)C)ccc1NC(=O)c1cccc(CS(=O)(=O)c2ccccc2)c1. The molecule has 0 aliphatic rings. The Balaban J connectivity index is 1.71. The Morgan fingerprint density at radius 1 is 0.848 bits per heavy atom. The van der Waals surface area contributed by atoms with E-state index in [4.69, 9.17) is 0 Å². The first-order valence-electron chi connectivity index (χ1n) is 10.7. The Kier molecular flexibility index (Phi) is 7.66. The zero-order chi connectivity index (χ0) is 24.0. The number of benzene rings is 3. The van der Waals surface area contributed by atoms with Gasteiger partial charge in [0.25, 0.3) is 11.8 Å². The number of nitrogens with one attached hydrogen (secondary N) is 2. The topological polar surface area (TPSA) is 92.3 Å². The van der Waals surface area contributed by atoms with E-state index < -0.39 is 9.84 Å². The van der Waals surface area contributed by atoms with Crippen molar-refractivity contribution < 1.29 is 18.0 Å². The van der Waals surface area contributed by atoms with Gasteiger partial charge < -0.3 is 10.6 Å². The standard InChI is InChI=1S/C26H28N2O4S/c1-18(2)16-27-25(29)22-12-13-24(19(3)14-22)28-26(30)21-9-7-8-20(15-21)17-33(31,32)23-10-5-4-6-11-23/h4-15,18H,16-17H2,1-3H3,(H,27,29)(H,28,30). The molecule has 0 heterocycles. The highest BCUT2D eigenvalue weighted by atomic mass is 32.2. The molecule has 33 heavy (non-hydrogen) atoms. The number of aryl methyl sites for hydroxylation is 1. The first kappa shape index (κ1) is 24.2. The van der Waals surface area contributed by atoms with Crippen LogP contribution in [0.15, 0.2) is 77.7 Å². The smallest absolute Gasteiger partial charge is 0.255 e. The van der Waals surface area contributed by atoms with Gasteiger partial charge in [-0.3, -0.25) is 9.59 Å². The molecule has 0 aliphatic carbocycles. The number of hydrogen-bond acceptors (Lipinski definition) is 4. The fourth-order valence-electron chi connectivity index (χ4n) is 3.27. The lowest BCUT2D eigenvalue weighted by molar-refractivity contribution is 0.0948. The second-order valence-electron chi connectivity index (χ2n) is 8.36. The lowest BCUT2D eigenvalue weighted by atomic mass is 10.1. The van der Waals surface area contributed by atoms with Gasteiger partial charge in [0.2, 0.25) is 0 Å². The second kappa shape index (κ2) is 10.4. The summed E-state index contributed by atoms with van der Waals surface area (Å²) in [5, 5.41) is 5.72. The van der Waals surface area contributed by atoms with Crippen molar-refractivity contribution in [3.8, 4) is 0 Å². The Hall–Kier alpha value is -3.45. The maximum atomic E-state index is 12.8. The molecule has 0 radical (unpaired) electrons. The molecule has 7 heteroatoms. The molecule has 0 saturated carbocycles. The molecule has 0 fully saturated rings. The van der Waals surface area contributed by atoms with Gasteiger partial charge in [0.1, 0.15) is 0 Å². The van der Waals surface area contributed by atoms with Crippen molar-refractivity contribution in [3.05, 3.63) is 95.1 Å². The van der Waals surface area contributed by atoms with Crippen LogP contribution in [0.1, 0.15) is 45.7 Å². The lowest BCUT2D eigenvalue weighted by Gasteiger charge is -2.12. The van der Waals surface area contributed by atoms with E-state index in [1.165, 1.54) is 0 Å². The molecule has 0 unspecified atom stereocenters. The number of carbonyl (C=O) groups excluding carboxylic acids is 2. The second-order valence-corrected chi connectivity index (χ2v) is 10.3. The third-order valence-corrected chi connectivity index (χ3v) is 6.76. The molecule has 3 rings (SSSR count). The van der Waals surface area contributed by atoms with Gasteiger partial charge in [0.05, 0.1) is 10.6 Å². The van der Waals surface area contributed by atoms with Crippen LogP contribution in [0.4, 0.5) is 5.69 Å². The minimum absolute atomic E-state index is 0.156. The van der Waals surface area contributed by atoms with Crippen LogP contribution in [-0.4, -0.2) is 26.8 Å². The fraction of sp³-hybridized carbons (Fsp3) is 0.231. The van der Waals surface area contributed by atoms with Gasteiger partial charge in [-0.05, 0) is 66.4 Å². The third kappa shape index (κ3) is 6.52. The van der Waals surface area contributed by atoms with Crippen LogP contribution >= 0.6 is 0 Å². The van der Waals surface area contributed by atoms with Gasteiger partial charge in [-0.25, -0.2) is 8.42 Å². The van der Waals surface area contributed by atoms with Gasteiger partial charge >= 0.3 is 0 Å². The van der Waals surface area contributed by atoms with E-state index in [1.54, 1.807) is 72.8 Å². The van der Waals surface area contributed by atoms with Crippen LogP contribution in [0.5, 0.6) is 0 Å². The molecule has 0 bridgehead atoms. The van der Waals surface area contributed by atoms with Gasteiger partial charge in [-0.2, -0.15) is 0 Å². The van der Waals surface area contributed by atoms with Crippen molar-refractivity contribution in [2.75, 3.05) is 11.9 Å². The lowest BCUT2D eigenvalue weighted by Crippen LogP contribution is -2.27. The van der Waals surface area contributed by atoms with E-state index in [2.05, 4.69) is 10.6 Å². The van der Waals surface area contributed by atoms with Crippen LogP contribution in [0.2, 0.25) is 0 Å². The van der Waals surface area contributed by atoms with E-state index >= 15 is 0 Å². The summed E-state index contributed by atoms with van der Waals surface area (Å²) >= 11 is 0. The highest BCUT2D eigenvalue weighted by molar-refractivity contribution is 7.90. The largest absolute Gasteiger partial charge is 0.352 e. The number of anilines is 1. The summed E-state index contributed by atoms with van der Waals surface area (Å²) in [7, 11) is -3.51. The van der Waals surface area contributed by atoms with Crippen LogP contribution in [0.3, 0.4) is 0 Å². The highest BCUT2D eigenvalue weighted by Crippen LogP contribution is 2.20. The van der Waals surface area contributed by atoms with E-state index in [1.807, 2.05) is 20.8 Å². The number of hydrogen-bond donors (Lipinski definition) is 2. The summed E-state index contributed by atoms with van der Waals surface area (Å²) in [4.78, 5) is 25.3. The van der Waals surface area contributed by atoms with Gasteiger partial charge in [0.15, 0.2) is 9.84 Å². The molecule has 172 valence electrons. The average Bonchev–Trinajstić information content (AvgIpc) is 2.79. The summed E-state index contributed by atoms with van der Waals surface area (Å²) in [5.41, 5.74) is 2.75. The first-order valence-corrected chi connectivity index (χ1v) is 12.4. The molecule has 2 N–H and O–H groups in total. The summed E-state index contributed by atoms with van der Waals surface area (Å²) < 4.78 is 25.3. The molecular weight excluding hydrogens is 436 g/mol. The fourth-order valence-corrected chi connectivity index (χ4v) is 4.63. The average molecular weight is 465 g/mol. The number of rotatable bonds is 8. The number of carbonyl (C=O) groups is 2. The van der Waals surface area contributed by atoms with Gasteiger partial charge in [-0.1, -0.05) is 44.2 Å². The van der Waals surface area contributed by atoms with E-state index in [0.29, 0.717) is 34.8 Å². The highest BCUT2D eigenvalue weighted by Gasteiger charge is 2.17. The van der Waals surface area contributed by atoms with Crippen molar-refractivity contribution in [1.82, 2.24) is 5.32 Å². The Morgan fingerprint density at radius 2 is 1.55 bits per heavy atom. The minimum atomic E-state index is -3.51. The Labute approximate surface area is 195 Å². The van der Waals surface area contributed by atoms with Crippen LogP contribution in [0, 0.1) is 12.8 Å². The van der Waals surface area contributed by atoms with Gasteiger partial charge in [0, 0.05) is 23.4 Å². The molecular formula is C26H28N2O4S. The third-order valence-electron chi connectivity index (χ3n) is 5.06. The summed E-state index contributed by atoms with van der Waals surface area (Å²) in [5.74, 6) is -0.352. The number of sulfone groups is 1. The van der Waals surface area contributed by atoms with Crippen molar-refractivity contribution in [2.45, 2.75) is 31.4 Å². The first-order chi connectivity index (χ1) is 15.7. The number of amides is 2.